The van der Waals surface area contributed by atoms with Gasteiger partial charge in [0.1, 0.15) is 11.6 Å². The number of Topliss-reactive ketones (excluding diaryl/α,β-unsaturated/α-hetero) is 1. The van der Waals surface area contributed by atoms with Gasteiger partial charge in [-0.15, -0.1) is 0 Å². The van der Waals surface area contributed by atoms with Crippen molar-refractivity contribution in [3.05, 3.63) is 129 Å². The first kappa shape index (κ1) is 31.3. The highest BCUT2D eigenvalue weighted by Gasteiger charge is 2.30. The molecule has 0 atom stereocenters. The van der Waals surface area contributed by atoms with Crippen molar-refractivity contribution in [3.63, 3.8) is 0 Å². The molecule has 5 nitrogen and oxygen atoms in total. The number of fused-ring (bicyclic) bond motifs is 1. The third-order valence-corrected chi connectivity index (χ3v) is 7.59. The number of carbonyl (C=O) groups is 1. The molecule has 0 fully saturated rings. The van der Waals surface area contributed by atoms with E-state index in [-0.39, 0.29) is 30.9 Å². The van der Waals surface area contributed by atoms with Gasteiger partial charge in [0.15, 0.2) is 0 Å². The third-order valence-electron chi connectivity index (χ3n) is 7.08. The van der Waals surface area contributed by atoms with Crippen molar-refractivity contribution in [1.29, 1.82) is 0 Å². The van der Waals surface area contributed by atoms with Gasteiger partial charge in [-0.05, 0) is 84.1 Å². The zero-order chi connectivity index (χ0) is 31.3. The molecule has 0 aliphatic rings. The van der Waals surface area contributed by atoms with E-state index in [1.807, 2.05) is 66.7 Å². The van der Waals surface area contributed by atoms with Crippen molar-refractivity contribution in [1.82, 2.24) is 9.97 Å². The largest absolute Gasteiger partial charge is 0.463 e. The van der Waals surface area contributed by atoms with Crippen LogP contribution in [-0.4, -0.2) is 22.4 Å². The number of rotatable bonds is 11. The van der Waals surface area contributed by atoms with Crippen LogP contribution in [-0.2, 0) is 17.5 Å². The summed E-state index contributed by atoms with van der Waals surface area (Å²) in [5.41, 5.74) is 3.54. The Kier molecular flexibility index (Phi) is 9.71. The Bertz CT molecular complexity index is 1700. The first-order chi connectivity index (χ1) is 21.1. The number of nitrogens with zero attached hydrogens (tertiary/aromatic N) is 2. The van der Waals surface area contributed by atoms with Crippen LogP contribution in [0.5, 0.6) is 6.01 Å². The van der Waals surface area contributed by atoms with Gasteiger partial charge in [0.2, 0.25) is 0 Å². The van der Waals surface area contributed by atoms with E-state index < -0.39 is 11.7 Å². The molecule has 0 amide bonds. The van der Waals surface area contributed by atoms with Crippen LogP contribution < -0.4 is 10.1 Å². The van der Waals surface area contributed by atoms with Gasteiger partial charge >= 0.3 is 12.2 Å². The monoisotopic (exact) mass is 637 g/mol. The van der Waals surface area contributed by atoms with Crippen LogP contribution in [0.25, 0.3) is 10.9 Å². The lowest BCUT2D eigenvalue weighted by molar-refractivity contribution is -0.137. The molecule has 0 spiro atoms. The zero-order valence-electron chi connectivity index (χ0n) is 23.7. The molecule has 44 heavy (non-hydrogen) atoms. The van der Waals surface area contributed by atoms with Gasteiger partial charge in [-0.25, -0.2) is 0 Å². The topological polar surface area (TPSA) is 64.1 Å². The maximum atomic E-state index is 13.1. The summed E-state index contributed by atoms with van der Waals surface area (Å²) in [6, 6.07) is 26.3. The van der Waals surface area contributed by atoms with Crippen LogP contribution in [0.1, 0.15) is 53.5 Å². The van der Waals surface area contributed by atoms with Gasteiger partial charge in [0, 0.05) is 34.3 Å². The molecule has 10 heteroatoms. The second-order valence-corrected chi connectivity index (χ2v) is 11.2. The second kappa shape index (κ2) is 13.7. The summed E-state index contributed by atoms with van der Waals surface area (Å²) >= 11 is 12.4. The molecule has 5 rings (SSSR count). The molecule has 0 radical (unpaired) electrons. The number of ketones is 1. The number of nitrogens with one attached hydrogen (secondary N) is 1. The van der Waals surface area contributed by atoms with E-state index in [1.54, 1.807) is 0 Å². The fraction of sp³-hybridized carbons (Fsp3) is 0.206. The number of halogens is 5. The van der Waals surface area contributed by atoms with Gasteiger partial charge in [-0.3, -0.25) is 0 Å². The minimum absolute atomic E-state index is 0.0652. The van der Waals surface area contributed by atoms with E-state index in [2.05, 4.69) is 15.3 Å². The normalized spacial score (nSPS) is 11.6. The lowest BCUT2D eigenvalue weighted by Gasteiger charge is -2.20. The minimum atomic E-state index is -4.41. The van der Waals surface area contributed by atoms with Crippen LogP contribution in [0.2, 0.25) is 10.0 Å². The number of alkyl halides is 3. The summed E-state index contributed by atoms with van der Waals surface area (Å²) in [4.78, 5) is 20.5. The van der Waals surface area contributed by atoms with E-state index in [4.69, 9.17) is 27.9 Å². The number of aromatic nitrogens is 2. The fourth-order valence-electron chi connectivity index (χ4n) is 4.87. The molecule has 5 aromatic rings. The standard InChI is InChI=1S/C34H28Cl2F3N3O2/c1-21(43)3-2-18-44-33-41-30-17-10-25(31(23-6-13-27(35)14-7-23)24-8-15-28(36)16-9-24)19-29(30)32(42-33)40-20-22-4-11-26(12-5-22)34(37,38)39/h4-17,19,31H,2-3,18,20H2,1H3,(H,40,41,42). The summed E-state index contributed by atoms with van der Waals surface area (Å²) in [7, 11) is 0. The van der Waals surface area contributed by atoms with Crippen molar-refractivity contribution in [3.8, 4) is 6.01 Å². The van der Waals surface area contributed by atoms with E-state index in [0.29, 0.717) is 45.2 Å². The molecule has 0 saturated carbocycles. The van der Waals surface area contributed by atoms with Gasteiger partial charge in [-0.2, -0.15) is 23.1 Å². The van der Waals surface area contributed by atoms with E-state index in [1.165, 1.54) is 19.1 Å². The molecule has 1 N–H and O–H groups in total. The molecule has 4 aromatic carbocycles. The van der Waals surface area contributed by atoms with Crippen molar-refractivity contribution in [2.45, 2.75) is 38.4 Å². The molecule has 0 saturated heterocycles. The number of hydrogen-bond donors (Lipinski definition) is 1. The van der Waals surface area contributed by atoms with Crippen molar-refractivity contribution < 1.29 is 22.7 Å². The molecule has 0 aliphatic heterocycles. The van der Waals surface area contributed by atoms with Crippen molar-refractivity contribution in [2.75, 3.05) is 11.9 Å². The van der Waals surface area contributed by atoms with E-state index in [9.17, 15) is 18.0 Å². The van der Waals surface area contributed by atoms with Crippen molar-refractivity contribution in [2.24, 2.45) is 0 Å². The summed E-state index contributed by atoms with van der Waals surface area (Å²) in [5, 5.41) is 5.23. The summed E-state index contributed by atoms with van der Waals surface area (Å²) in [6.45, 7) is 2.00. The van der Waals surface area contributed by atoms with Crippen LogP contribution in [0.15, 0.2) is 91.0 Å². The Balaban J connectivity index is 1.53. The third kappa shape index (κ3) is 7.87. The molecule has 226 valence electrons. The van der Waals surface area contributed by atoms with E-state index >= 15 is 0 Å². The number of anilines is 1. The average molecular weight is 639 g/mol. The molecule has 0 bridgehead atoms. The Labute approximate surface area is 263 Å². The lowest BCUT2D eigenvalue weighted by atomic mass is 9.85. The molecular formula is C34H28Cl2F3N3O2. The smallest absolute Gasteiger partial charge is 0.416 e. The summed E-state index contributed by atoms with van der Waals surface area (Å²) in [6.07, 6.45) is -3.51. The highest BCUT2D eigenvalue weighted by Crippen LogP contribution is 2.36. The Morgan fingerprint density at radius 2 is 1.43 bits per heavy atom. The molecule has 1 heterocycles. The predicted octanol–water partition coefficient (Wildman–Crippen LogP) is 9.50. The zero-order valence-corrected chi connectivity index (χ0v) is 25.2. The van der Waals surface area contributed by atoms with Gasteiger partial charge in [0.05, 0.1) is 17.7 Å². The summed E-state index contributed by atoms with van der Waals surface area (Å²) < 4.78 is 45.0. The predicted molar refractivity (Wildman–Crippen MR) is 168 cm³/mol. The van der Waals surface area contributed by atoms with Gasteiger partial charge in [0.25, 0.3) is 0 Å². The van der Waals surface area contributed by atoms with Crippen molar-refractivity contribution >= 4 is 45.7 Å². The maximum absolute atomic E-state index is 13.1. The van der Waals surface area contributed by atoms with Crippen LogP contribution in [0, 0.1) is 0 Å². The molecular weight excluding hydrogens is 610 g/mol. The summed E-state index contributed by atoms with van der Waals surface area (Å²) in [5.74, 6) is 0.360. The number of benzene rings is 4. The maximum Gasteiger partial charge on any atom is 0.416 e. The number of ether oxygens (including phenoxy) is 1. The van der Waals surface area contributed by atoms with Gasteiger partial charge < -0.3 is 14.8 Å². The van der Waals surface area contributed by atoms with Crippen LogP contribution >= 0.6 is 23.2 Å². The SMILES string of the molecule is CC(=O)CCCOc1nc(NCc2ccc(C(F)(F)F)cc2)c2cc(C(c3ccc(Cl)cc3)c3ccc(Cl)cc3)ccc2n1. The van der Waals surface area contributed by atoms with E-state index in [0.717, 1.165) is 28.8 Å². The van der Waals surface area contributed by atoms with Gasteiger partial charge in [-0.1, -0.05) is 65.7 Å². The first-order valence-electron chi connectivity index (χ1n) is 13.9. The highest BCUT2D eigenvalue weighted by molar-refractivity contribution is 6.30. The number of carbonyl (C=O) groups excluding carboxylic acids is 1. The molecule has 0 aliphatic carbocycles. The number of hydrogen-bond acceptors (Lipinski definition) is 5. The Hall–Kier alpha value is -4.14. The fourth-order valence-corrected chi connectivity index (χ4v) is 5.13. The minimum Gasteiger partial charge on any atom is -0.463 e. The van der Waals surface area contributed by atoms with Crippen LogP contribution in [0.4, 0.5) is 19.0 Å². The molecule has 1 aromatic heterocycles. The quantitative estimate of drug-likeness (QED) is 0.115. The van der Waals surface area contributed by atoms with Crippen LogP contribution in [0.3, 0.4) is 0 Å². The average Bonchev–Trinajstić information content (AvgIpc) is 3.00. The Morgan fingerprint density at radius 3 is 2.00 bits per heavy atom. The Morgan fingerprint density at radius 1 is 0.841 bits per heavy atom. The highest BCUT2D eigenvalue weighted by atomic mass is 35.5. The first-order valence-corrected chi connectivity index (χ1v) is 14.7. The second-order valence-electron chi connectivity index (χ2n) is 10.4. The lowest BCUT2D eigenvalue weighted by Crippen LogP contribution is -2.09. The molecule has 0 unspecified atom stereocenters.